The third-order valence-electron chi connectivity index (χ3n) is 5.94. The number of aliphatic hydroxyl groups is 1. The molecule has 0 unspecified atom stereocenters. The van der Waals surface area contributed by atoms with Gasteiger partial charge in [-0.3, -0.25) is 0 Å². The number of ether oxygens (including phenoxy) is 2. The first-order valence-electron chi connectivity index (χ1n) is 9.02. The molecule has 0 aromatic heterocycles. The fraction of sp³-hybridized carbons (Fsp3) is 0.833. The van der Waals surface area contributed by atoms with Crippen molar-refractivity contribution in [3.05, 3.63) is 11.1 Å². The van der Waals surface area contributed by atoms with E-state index in [4.69, 9.17) is 13.9 Å². The Hall–Kier alpha value is -0.693. The minimum Gasteiger partial charge on any atom is -0.459 e. The zero-order valence-corrected chi connectivity index (χ0v) is 16.6. The summed E-state index contributed by atoms with van der Waals surface area (Å²) < 4.78 is 17.8. The molecule has 1 aliphatic carbocycles. The molecule has 1 fully saturated rings. The van der Waals surface area contributed by atoms with E-state index in [0.29, 0.717) is 12.0 Å². The molecule has 0 aromatic rings. The van der Waals surface area contributed by atoms with Crippen LogP contribution in [-0.2, 0) is 18.7 Å². The third-order valence-corrected chi connectivity index (χ3v) is 10.4. The van der Waals surface area contributed by atoms with Crippen LogP contribution in [-0.4, -0.2) is 49.9 Å². The molecule has 2 heterocycles. The number of esters is 1. The summed E-state index contributed by atoms with van der Waals surface area (Å²) in [6.07, 6.45) is 0.677. The highest BCUT2D eigenvalue weighted by molar-refractivity contribution is 6.74. The maximum absolute atomic E-state index is 12.7. The Morgan fingerprint density at radius 1 is 1.29 bits per heavy atom. The molecule has 5 nitrogen and oxygen atoms in total. The summed E-state index contributed by atoms with van der Waals surface area (Å²) in [7, 11) is -2.07. The van der Waals surface area contributed by atoms with E-state index in [1.165, 1.54) is 0 Å². The van der Waals surface area contributed by atoms with Crippen LogP contribution >= 0.6 is 0 Å². The zero-order valence-electron chi connectivity index (χ0n) is 15.6. The fourth-order valence-electron chi connectivity index (χ4n) is 3.42. The van der Waals surface area contributed by atoms with Gasteiger partial charge in [0.15, 0.2) is 8.32 Å². The van der Waals surface area contributed by atoms with Crippen molar-refractivity contribution in [3.63, 3.8) is 0 Å². The van der Waals surface area contributed by atoms with Crippen LogP contribution in [0.2, 0.25) is 18.1 Å². The Kier molecular flexibility index (Phi) is 4.48. The Bertz CT molecular complexity index is 562. The highest BCUT2D eigenvalue weighted by Gasteiger charge is 2.60. The standard InChI is InChI=1S/C18H30O5Si/c1-7-8-10-9-11-12(17(20)21-10)14(16-15(22-16)13(11)19)23-24(5,6)18(2,3)4/h10,13-16,19H,7-9H2,1-6H3/t10-,13+,14-,15-,16+/m1/s1. The SMILES string of the molecule is CCC[C@@H]1CC2=C(C(=O)O1)[C@@H](O[Si](C)(C)C(C)(C)C)[C@@H]1O[C@@H]1[C@H]2O. The van der Waals surface area contributed by atoms with Crippen LogP contribution in [0.3, 0.4) is 0 Å². The van der Waals surface area contributed by atoms with Crippen molar-refractivity contribution in [1.29, 1.82) is 0 Å². The van der Waals surface area contributed by atoms with Gasteiger partial charge in [0.05, 0.1) is 5.57 Å². The lowest BCUT2D eigenvalue weighted by Gasteiger charge is -2.42. The molecule has 1 N–H and O–H groups in total. The van der Waals surface area contributed by atoms with E-state index in [-0.39, 0.29) is 29.3 Å². The molecule has 1 saturated heterocycles. The van der Waals surface area contributed by atoms with E-state index >= 15 is 0 Å². The van der Waals surface area contributed by atoms with Crippen LogP contribution in [0.5, 0.6) is 0 Å². The normalized spacial score (nSPS) is 36.1. The smallest absolute Gasteiger partial charge is 0.337 e. The summed E-state index contributed by atoms with van der Waals surface area (Å²) in [5.74, 6) is -0.327. The van der Waals surface area contributed by atoms with Crippen molar-refractivity contribution < 1.29 is 23.8 Å². The number of rotatable bonds is 4. The van der Waals surface area contributed by atoms with E-state index in [2.05, 4.69) is 40.8 Å². The predicted molar refractivity (Wildman–Crippen MR) is 93.2 cm³/mol. The van der Waals surface area contributed by atoms with E-state index in [1.54, 1.807) is 0 Å². The van der Waals surface area contributed by atoms with Crippen molar-refractivity contribution in [1.82, 2.24) is 0 Å². The summed E-state index contributed by atoms with van der Waals surface area (Å²) in [4.78, 5) is 12.7. The molecule has 0 bridgehead atoms. The molecule has 3 rings (SSSR count). The van der Waals surface area contributed by atoms with Crippen molar-refractivity contribution >= 4 is 14.3 Å². The number of cyclic esters (lactones) is 1. The first-order chi connectivity index (χ1) is 11.1. The molecule has 2 aliphatic heterocycles. The van der Waals surface area contributed by atoms with E-state index in [1.807, 2.05) is 0 Å². The van der Waals surface area contributed by atoms with Gasteiger partial charge in [0, 0.05) is 6.42 Å². The second-order valence-corrected chi connectivity index (χ2v) is 13.5. The lowest BCUT2D eigenvalue weighted by Crippen LogP contribution is -2.51. The Morgan fingerprint density at radius 2 is 1.96 bits per heavy atom. The van der Waals surface area contributed by atoms with Crippen LogP contribution in [0.4, 0.5) is 0 Å². The average molecular weight is 355 g/mol. The monoisotopic (exact) mass is 354 g/mol. The number of epoxide rings is 1. The first kappa shape index (κ1) is 18.1. The van der Waals surface area contributed by atoms with Crippen molar-refractivity contribution in [2.75, 3.05) is 0 Å². The third kappa shape index (κ3) is 2.98. The van der Waals surface area contributed by atoms with Gasteiger partial charge in [-0.15, -0.1) is 0 Å². The maximum atomic E-state index is 12.7. The highest BCUT2D eigenvalue weighted by atomic mass is 28.4. The van der Waals surface area contributed by atoms with E-state index in [0.717, 1.165) is 18.4 Å². The molecule has 0 aromatic carbocycles. The Morgan fingerprint density at radius 3 is 2.54 bits per heavy atom. The maximum Gasteiger partial charge on any atom is 0.337 e. The summed E-state index contributed by atoms with van der Waals surface area (Å²) >= 11 is 0. The average Bonchev–Trinajstić information content (AvgIpc) is 3.23. The summed E-state index contributed by atoms with van der Waals surface area (Å²) in [6, 6.07) is 0. The molecule has 3 aliphatic rings. The van der Waals surface area contributed by atoms with Gasteiger partial charge in [-0.25, -0.2) is 4.79 Å². The lowest BCUT2D eigenvalue weighted by atomic mass is 9.82. The van der Waals surface area contributed by atoms with E-state index in [9.17, 15) is 9.90 Å². The van der Waals surface area contributed by atoms with Gasteiger partial charge in [-0.05, 0) is 30.1 Å². The second-order valence-electron chi connectivity index (χ2n) is 8.77. The number of hydrogen-bond acceptors (Lipinski definition) is 5. The van der Waals surface area contributed by atoms with Crippen molar-refractivity contribution in [3.8, 4) is 0 Å². The highest BCUT2D eigenvalue weighted by Crippen LogP contribution is 2.48. The fourth-order valence-corrected chi connectivity index (χ4v) is 4.66. The summed E-state index contributed by atoms with van der Waals surface area (Å²) in [5, 5.41) is 10.6. The lowest BCUT2D eigenvalue weighted by molar-refractivity contribution is -0.148. The predicted octanol–water partition coefficient (Wildman–Crippen LogP) is 2.93. The number of carbonyl (C=O) groups excluding carboxylic acids is 1. The van der Waals surface area contributed by atoms with Crippen LogP contribution < -0.4 is 0 Å². The molecule has 136 valence electrons. The summed E-state index contributed by atoms with van der Waals surface area (Å²) in [6.45, 7) is 12.9. The largest absolute Gasteiger partial charge is 0.459 e. The van der Waals surface area contributed by atoms with Gasteiger partial charge in [-0.1, -0.05) is 34.1 Å². The van der Waals surface area contributed by atoms with Crippen LogP contribution in [0.1, 0.15) is 47.0 Å². The molecule has 0 radical (unpaired) electrons. The molecule has 0 saturated carbocycles. The topological polar surface area (TPSA) is 68.3 Å². The van der Waals surface area contributed by atoms with E-state index < -0.39 is 20.5 Å². The Labute approximate surface area is 145 Å². The van der Waals surface area contributed by atoms with Gasteiger partial charge in [0.2, 0.25) is 0 Å². The minimum atomic E-state index is -2.07. The molecule has 24 heavy (non-hydrogen) atoms. The Balaban J connectivity index is 1.92. The van der Waals surface area contributed by atoms with Crippen molar-refractivity contribution in [2.45, 2.75) is 95.6 Å². The molecular weight excluding hydrogens is 324 g/mol. The first-order valence-corrected chi connectivity index (χ1v) is 11.9. The molecular formula is C18H30O5Si. The van der Waals surface area contributed by atoms with Gasteiger partial charge in [0.25, 0.3) is 0 Å². The molecule has 0 spiro atoms. The molecule has 0 amide bonds. The van der Waals surface area contributed by atoms with Crippen LogP contribution in [0.15, 0.2) is 11.1 Å². The summed E-state index contributed by atoms with van der Waals surface area (Å²) in [5.41, 5.74) is 1.31. The van der Waals surface area contributed by atoms with Crippen LogP contribution in [0, 0.1) is 0 Å². The minimum absolute atomic E-state index is 0.0392. The van der Waals surface area contributed by atoms with Crippen molar-refractivity contribution in [2.24, 2.45) is 0 Å². The molecule has 5 atom stereocenters. The molecule has 6 heteroatoms. The second kappa shape index (κ2) is 5.94. The number of aliphatic hydroxyl groups excluding tert-OH is 1. The number of carbonyl (C=O) groups is 1. The van der Waals surface area contributed by atoms with Gasteiger partial charge in [-0.2, -0.15) is 0 Å². The van der Waals surface area contributed by atoms with Gasteiger partial charge < -0.3 is 19.0 Å². The van der Waals surface area contributed by atoms with Gasteiger partial charge in [0.1, 0.15) is 30.5 Å². The van der Waals surface area contributed by atoms with Crippen LogP contribution in [0.25, 0.3) is 0 Å². The zero-order chi connectivity index (χ0) is 17.9. The van der Waals surface area contributed by atoms with Gasteiger partial charge >= 0.3 is 5.97 Å². The number of fused-ring (bicyclic) bond motifs is 1. The quantitative estimate of drug-likeness (QED) is 0.478. The number of hydrogen-bond donors (Lipinski definition) is 1.